The van der Waals surface area contributed by atoms with Crippen molar-refractivity contribution in [1.29, 1.82) is 0 Å². The Kier molecular flexibility index (Phi) is 4.00. The number of hydrogen-bond donors (Lipinski definition) is 1. The van der Waals surface area contributed by atoms with Crippen molar-refractivity contribution in [3.8, 4) is 0 Å². The van der Waals surface area contributed by atoms with Crippen LogP contribution in [-0.2, 0) is 0 Å². The summed E-state index contributed by atoms with van der Waals surface area (Å²) in [5.74, 6) is 0.866. The van der Waals surface area contributed by atoms with Crippen molar-refractivity contribution in [2.75, 3.05) is 32.5 Å². The molecule has 2 aromatic rings. The molecule has 4 heteroatoms. The molecule has 1 aromatic heterocycles. The molecule has 0 spiro atoms. The van der Waals surface area contributed by atoms with Gasteiger partial charge in [-0.1, -0.05) is 38.1 Å². The molecular formula is C15H22N4. The zero-order chi connectivity index (χ0) is 13.9. The van der Waals surface area contributed by atoms with Gasteiger partial charge < -0.3 is 10.2 Å². The first kappa shape index (κ1) is 13.7. The average Bonchev–Trinajstić information content (AvgIpc) is 2.35. The molecule has 0 saturated heterocycles. The van der Waals surface area contributed by atoms with Crippen LogP contribution in [0.5, 0.6) is 0 Å². The summed E-state index contributed by atoms with van der Waals surface area (Å²) in [6, 6.07) is 8.18. The molecule has 0 aliphatic heterocycles. The zero-order valence-corrected chi connectivity index (χ0v) is 12.1. The highest BCUT2D eigenvalue weighted by Gasteiger charge is 2.19. The Morgan fingerprint density at radius 2 is 1.95 bits per heavy atom. The summed E-state index contributed by atoms with van der Waals surface area (Å²) in [5, 5.41) is 13.9. The van der Waals surface area contributed by atoms with Crippen molar-refractivity contribution < 1.29 is 0 Å². The molecule has 0 amide bonds. The van der Waals surface area contributed by atoms with Crippen LogP contribution in [-0.4, -0.2) is 42.3 Å². The number of aromatic nitrogens is 2. The maximum Gasteiger partial charge on any atom is 0.156 e. The summed E-state index contributed by atoms with van der Waals surface area (Å²) in [5.41, 5.74) is 0.183. The molecule has 1 N–H and O–H groups in total. The third-order valence-corrected chi connectivity index (χ3v) is 3.05. The summed E-state index contributed by atoms with van der Waals surface area (Å²) in [6.07, 6.45) is 1.80. The van der Waals surface area contributed by atoms with E-state index in [0.29, 0.717) is 0 Å². The van der Waals surface area contributed by atoms with Gasteiger partial charge >= 0.3 is 0 Å². The topological polar surface area (TPSA) is 41.0 Å². The highest BCUT2D eigenvalue weighted by atomic mass is 15.2. The SMILES string of the molecule is CN(C)CC(C)(C)CNc1nncc2ccccc12. The molecule has 0 radical (unpaired) electrons. The Morgan fingerprint density at radius 3 is 2.68 bits per heavy atom. The second-order valence-corrected chi connectivity index (χ2v) is 6.04. The Morgan fingerprint density at radius 1 is 1.21 bits per heavy atom. The first-order chi connectivity index (χ1) is 8.98. The number of rotatable bonds is 5. The van der Waals surface area contributed by atoms with Gasteiger partial charge in [0.2, 0.25) is 0 Å². The van der Waals surface area contributed by atoms with E-state index in [1.54, 1.807) is 6.20 Å². The molecule has 2 rings (SSSR count). The smallest absolute Gasteiger partial charge is 0.156 e. The lowest BCUT2D eigenvalue weighted by Gasteiger charge is -2.28. The summed E-state index contributed by atoms with van der Waals surface area (Å²) in [6.45, 7) is 6.39. The van der Waals surface area contributed by atoms with Gasteiger partial charge in [-0.25, -0.2) is 0 Å². The molecule has 0 unspecified atom stereocenters. The van der Waals surface area contributed by atoms with Gasteiger partial charge in [-0.3, -0.25) is 0 Å². The minimum Gasteiger partial charge on any atom is -0.367 e. The van der Waals surface area contributed by atoms with Gasteiger partial charge in [0.25, 0.3) is 0 Å². The average molecular weight is 258 g/mol. The molecule has 102 valence electrons. The molecule has 1 heterocycles. The molecule has 19 heavy (non-hydrogen) atoms. The minimum atomic E-state index is 0.183. The number of benzene rings is 1. The normalized spacial score (nSPS) is 12.1. The lowest BCUT2D eigenvalue weighted by molar-refractivity contribution is 0.254. The molecule has 0 aliphatic rings. The van der Waals surface area contributed by atoms with E-state index in [-0.39, 0.29) is 5.41 Å². The zero-order valence-electron chi connectivity index (χ0n) is 12.1. The molecule has 1 aromatic carbocycles. The summed E-state index contributed by atoms with van der Waals surface area (Å²) >= 11 is 0. The fourth-order valence-electron chi connectivity index (χ4n) is 2.39. The Bertz CT molecular complexity index is 543. The number of hydrogen-bond acceptors (Lipinski definition) is 4. The number of nitrogens with zero attached hydrogens (tertiary/aromatic N) is 3. The van der Waals surface area contributed by atoms with E-state index >= 15 is 0 Å². The molecular weight excluding hydrogens is 236 g/mol. The van der Waals surface area contributed by atoms with Crippen LogP contribution in [0.3, 0.4) is 0 Å². The van der Waals surface area contributed by atoms with Crippen molar-refractivity contribution in [3.05, 3.63) is 30.5 Å². The second kappa shape index (κ2) is 5.53. The summed E-state index contributed by atoms with van der Waals surface area (Å²) < 4.78 is 0. The van der Waals surface area contributed by atoms with E-state index in [1.165, 1.54) is 0 Å². The second-order valence-electron chi connectivity index (χ2n) is 6.04. The van der Waals surface area contributed by atoms with Crippen molar-refractivity contribution in [3.63, 3.8) is 0 Å². The van der Waals surface area contributed by atoms with Crippen molar-refractivity contribution in [2.24, 2.45) is 5.41 Å². The van der Waals surface area contributed by atoms with Crippen molar-refractivity contribution >= 4 is 16.6 Å². The van der Waals surface area contributed by atoms with Crippen LogP contribution in [0.4, 0.5) is 5.82 Å². The van der Waals surface area contributed by atoms with Gasteiger partial charge in [-0.2, -0.15) is 5.10 Å². The third-order valence-electron chi connectivity index (χ3n) is 3.05. The largest absolute Gasteiger partial charge is 0.367 e. The molecule has 0 bridgehead atoms. The molecule has 4 nitrogen and oxygen atoms in total. The third kappa shape index (κ3) is 3.64. The fourth-order valence-corrected chi connectivity index (χ4v) is 2.39. The molecule has 0 atom stereocenters. The lowest BCUT2D eigenvalue weighted by Crippen LogP contribution is -2.34. The highest BCUT2D eigenvalue weighted by molar-refractivity contribution is 5.90. The van der Waals surface area contributed by atoms with E-state index in [2.05, 4.69) is 60.5 Å². The quantitative estimate of drug-likeness (QED) is 0.895. The van der Waals surface area contributed by atoms with Crippen LogP contribution in [0.15, 0.2) is 30.5 Å². The summed E-state index contributed by atoms with van der Waals surface area (Å²) in [7, 11) is 4.19. The minimum absolute atomic E-state index is 0.183. The predicted octanol–water partition coefficient (Wildman–Crippen LogP) is 2.63. The van der Waals surface area contributed by atoms with Gasteiger partial charge in [0.1, 0.15) is 0 Å². The lowest BCUT2D eigenvalue weighted by atomic mass is 9.93. The van der Waals surface area contributed by atoms with Crippen molar-refractivity contribution in [1.82, 2.24) is 15.1 Å². The van der Waals surface area contributed by atoms with E-state index in [4.69, 9.17) is 0 Å². The standard InChI is InChI=1S/C15H22N4/c1-15(2,11-19(3)4)10-16-14-13-8-6-5-7-12(13)9-17-18-14/h5-9H,10-11H2,1-4H3,(H,16,18). The van der Waals surface area contributed by atoms with Crippen LogP contribution >= 0.6 is 0 Å². The Balaban J connectivity index is 2.14. The maximum atomic E-state index is 4.21. The van der Waals surface area contributed by atoms with Gasteiger partial charge in [0, 0.05) is 23.9 Å². The number of fused-ring (bicyclic) bond motifs is 1. The number of nitrogens with one attached hydrogen (secondary N) is 1. The molecule has 0 saturated carbocycles. The van der Waals surface area contributed by atoms with Crippen LogP contribution in [0.2, 0.25) is 0 Å². The van der Waals surface area contributed by atoms with E-state index in [0.717, 1.165) is 29.7 Å². The van der Waals surface area contributed by atoms with Gasteiger partial charge in [0.15, 0.2) is 5.82 Å². The monoisotopic (exact) mass is 258 g/mol. The first-order valence-corrected chi connectivity index (χ1v) is 6.57. The number of anilines is 1. The van der Waals surface area contributed by atoms with Crippen LogP contribution in [0, 0.1) is 5.41 Å². The van der Waals surface area contributed by atoms with Gasteiger partial charge in [-0.05, 0) is 19.5 Å². The fraction of sp³-hybridized carbons (Fsp3) is 0.467. The Labute approximate surface area is 114 Å². The van der Waals surface area contributed by atoms with Crippen LogP contribution in [0.25, 0.3) is 10.8 Å². The van der Waals surface area contributed by atoms with Crippen LogP contribution in [0.1, 0.15) is 13.8 Å². The molecule has 0 fully saturated rings. The maximum absolute atomic E-state index is 4.21. The Hall–Kier alpha value is -1.68. The first-order valence-electron chi connectivity index (χ1n) is 6.57. The van der Waals surface area contributed by atoms with Crippen molar-refractivity contribution in [2.45, 2.75) is 13.8 Å². The van der Waals surface area contributed by atoms with Gasteiger partial charge in [0.05, 0.1) is 6.20 Å². The van der Waals surface area contributed by atoms with E-state index < -0.39 is 0 Å². The molecule has 0 aliphatic carbocycles. The van der Waals surface area contributed by atoms with Crippen LogP contribution < -0.4 is 5.32 Å². The van der Waals surface area contributed by atoms with Gasteiger partial charge in [-0.15, -0.1) is 5.10 Å². The highest BCUT2D eigenvalue weighted by Crippen LogP contribution is 2.22. The van der Waals surface area contributed by atoms with E-state index in [9.17, 15) is 0 Å². The summed E-state index contributed by atoms with van der Waals surface area (Å²) in [4.78, 5) is 2.20. The predicted molar refractivity (Wildman–Crippen MR) is 80.4 cm³/mol. The van der Waals surface area contributed by atoms with E-state index in [1.807, 2.05) is 12.1 Å².